The van der Waals surface area contributed by atoms with Crippen LogP contribution in [0.1, 0.15) is 44.3 Å². The van der Waals surface area contributed by atoms with Crippen molar-refractivity contribution in [1.82, 2.24) is 30.1 Å². The molecule has 2 aromatic carbocycles. The number of esters is 1. The summed E-state index contributed by atoms with van der Waals surface area (Å²) in [7, 11) is 0. The zero-order valence-electron chi connectivity index (χ0n) is 27.3. The first-order valence-electron chi connectivity index (χ1n) is 16.9. The second-order valence-electron chi connectivity index (χ2n) is 13.1. The number of cyclic esters (lactones) is 1. The van der Waals surface area contributed by atoms with E-state index in [-0.39, 0.29) is 50.5 Å². The van der Waals surface area contributed by atoms with Gasteiger partial charge in [-0.1, -0.05) is 72.0 Å². The molecule has 13 heteroatoms. The third kappa shape index (κ3) is 5.90. The molecule has 2 N–H and O–H groups in total. The summed E-state index contributed by atoms with van der Waals surface area (Å²) in [6.07, 6.45) is 6.88. The lowest BCUT2D eigenvalue weighted by molar-refractivity contribution is -0.161. The van der Waals surface area contributed by atoms with E-state index >= 15 is 0 Å². The minimum atomic E-state index is -1.46. The van der Waals surface area contributed by atoms with Gasteiger partial charge in [-0.3, -0.25) is 19.2 Å². The number of aromatic nitrogens is 3. The van der Waals surface area contributed by atoms with Crippen LogP contribution in [-0.4, -0.2) is 97.1 Å². The smallest absolute Gasteiger partial charge is 0.313 e. The zero-order chi connectivity index (χ0) is 34.1. The number of allylic oxidation sites excluding steroid dienone is 1. The molecule has 0 saturated carbocycles. The Morgan fingerprint density at radius 2 is 1.80 bits per heavy atom. The molecule has 256 valence electrons. The standard InChI is InChI=1S/C36H40N6O7/c1-23-31(24-12-3-2-4-13-24)48-35(47)29-27(16-7-8-17-28(44)37-23)49-36-18-11-19-40(22-42-26-15-6-5-14-25(26)38-39-42)34(46)32(36)41(20-9-10-21-43)33(45)30(29)36/h2-7,11-16,18,23,27,29-32,43H,8-10,17,19-22H2,1H3,(H,37,44)/b16-7-/t23-,27-,29+,30+,31+,32-,36+/m0/s1. The van der Waals surface area contributed by atoms with Crippen LogP contribution in [0.15, 0.2) is 78.9 Å². The molecule has 1 aromatic heterocycles. The molecule has 2 saturated heterocycles. The van der Waals surface area contributed by atoms with Gasteiger partial charge in [-0.05, 0) is 43.9 Å². The fourth-order valence-electron chi connectivity index (χ4n) is 7.70. The highest BCUT2D eigenvalue weighted by Crippen LogP contribution is 2.53. The van der Waals surface area contributed by atoms with E-state index in [0.29, 0.717) is 30.3 Å². The molecule has 1 spiro atoms. The van der Waals surface area contributed by atoms with Crippen LogP contribution in [0.2, 0.25) is 0 Å². The molecule has 2 fully saturated rings. The maximum absolute atomic E-state index is 14.7. The van der Waals surface area contributed by atoms with E-state index < -0.39 is 47.7 Å². The van der Waals surface area contributed by atoms with Crippen molar-refractivity contribution < 1.29 is 33.8 Å². The van der Waals surface area contributed by atoms with E-state index in [2.05, 4.69) is 15.6 Å². The van der Waals surface area contributed by atoms with Crippen LogP contribution in [0.5, 0.6) is 0 Å². The van der Waals surface area contributed by atoms with Crippen LogP contribution < -0.4 is 5.32 Å². The third-order valence-electron chi connectivity index (χ3n) is 9.96. The van der Waals surface area contributed by atoms with Gasteiger partial charge in [0.05, 0.1) is 23.6 Å². The van der Waals surface area contributed by atoms with Crippen LogP contribution in [0.4, 0.5) is 0 Å². The summed E-state index contributed by atoms with van der Waals surface area (Å²) >= 11 is 0. The van der Waals surface area contributed by atoms with Gasteiger partial charge in [0.1, 0.15) is 35.9 Å². The van der Waals surface area contributed by atoms with Crippen molar-refractivity contribution in [3.63, 3.8) is 0 Å². The predicted octanol–water partition coefficient (Wildman–Crippen LogP) is 2.28. The lowest BCUT2D eigenvalue weighted by Crippen LogP contribution is -2.55. The fourth-order valence-corrected chi connectivity index (χ4v) is 7.70. The van der Waals surface area contributed by atoms with Crippen LogP contribution in [0.3, 0.4) is 0 Å². The molecule has 3 amide bonds. The number of fused-ring (bicyclic) bond motifs is 3. The number of benzene rings is 2. The number of nitrogens with one attached hydrogen (secondary N) is 1. The largest absolute Gasteiger partial charge is 0.455 e. The number of ether oxygens (including phenoxy) is 2. The van der Waals surface area contributed by atoms with Gasteiger partial charge in [-0.15, -0.1) is 5.10 Å². The van der Waals surface area contributed by atoms with Gasteiger partial charge in [-0.25, -0.2) is 4.68 Å². The molecule has 13 nitrogen and oxygen atoms in total. The Morgan fingerprint density at radius 1 is 1.00 bits per heavy atom. The molecule has 0 aliphatic carbocycles. The summed E-state index contributed by atoms with van der Waals surface area (Å²) in [6.45, 7) is 2.23. The summed E-state index contributed by atoms with van der Waals surface area (Å²) < 4.78 is 14.7. The minimum Gasteiger partial charge on any atom is -0.455 e. The molecule has 7 rings (SSSR count). The molecule has 49 heavy (non-hydrogen) atoms. The molecular weight excluding hydrogens is 628 g/mol. The highest BCUT2D eigenvalue weighted by atomic mass is 16.6. The van der Waals surface area contributed by atoms with Crippen LogP contribution in [-0.2, 0) is 35.3 Å². The van der Waals surface area contributed by atoms with Crippen LogP contribution in [0, 0.1) is 11.8 Å². The predicted molar refractivity (Wildman–Crippen MR) is 176 cm³/mol. The first kappa shape index (κ1) is 32.7. The monoisotopic (exact) mass is 668 g/mol. The number of rotatable bonds is 7. The lowest BCUT2D eigenvalue weighted by Gasteiger charge is -2.35. The third-order valence-corrected chi connectivity index (χ3v) is 9.96. The van der Waals surface area contributed by atoms with E-state index in [1.54, 1.807) is 34.7 Å². The molecular formula is C36H40N6O7. The number of carbonyl (C=O) groups is 4. The SMILES string of the molecule is C[C@@H]1NC(=O)CC/C=C\[C@@H]2O[C@@]34C=CCN(Cn5nnc6ccccc65)C(=O)[C@@H]3N(CCCCO)C(=O)[C@H]4[C@@H]2C(=O)O[C@H]1c1ccccc1. The Balaban J connectivity index is 1.27. The van der Waals surface area contributed by atoms with Crippen molar-refractivity contribution in [3.05, 3.63) is 84.5 Å². The molecule has 0 radical (unpaired) electrons. The number of aliphatic hydroxyl groups excluding tert-OH is 1. The van der Waals surface area contributed by atoms with E-state index in [1.165, 1.54) is 4.90 Å². The summed E-state index contributed by atoms with van der Waals surface area (Å²) in [5, 5.41) is 21.0. The van der Waals surface area contributed by atoms with Crippen molar-refractivity contribution in [1.29, 1.82) is 0 Å². The first-order chi connectivity index (χ1) is 23.8. The van der Waals surface area contributed by atoms with E-state index in [4.69, 9.17) is 9.47 Å². The Bertz CT molecular complexity index is 1790. The van der Waals surface area contributed by atoms with E-state index in [1.807, 2.05) is 60.7 Å². The highest BCUT2D eigenvalue weighted by Gasteiger charge is 2.71. The van der Waals surface area contributed by atoms with Gasteiger partial charge in [0, 0.05) is 26.1 Å². The number of amides is 3. The summed E-state index contributed by atoms with van der Waals surface area (Å²) in [5.41, 5.74) is 0.685. The average Bonchev–Trinajstić information content (AvgIpc) is 3.69. The Morgan fingerprint density at radius 3 is 2.61 bits per heavy atom. The Hall–Kier alpha value is -4.88. The zero-order valence-corrected chi connectivity index (χ0v) is 27.3. The number of likely N-dealkylation sites (tertiary alicyclic amines) is 1. The summed E-state index contributed by atoms with van der Waals surface area (Å²) in [5.74, 6) is -3.66. The Labute approximate surface area is 283 Å². The van der Waals surface area contributed by atoms with Crippen molar-refractivity contribution in [2.45, 2.75) is 69.2 Å². The van der Waals surface area contributed by atoms with Crippen molar-refractivity contribution in [3.8, 4) is 0 Å². The van der Waals surface area contributed by atoms with Crippen LogP contribution in [0.25, 0.3) is 11.0 Å². The summed E-state index contributed by atoms with van der Waals surface area (Å²) in [6, 6.07) is 15.0. The molecule has 5 heterocycles. The van der Waals surface area contributed by atoms with Gasteiger partial charge in [0.2, 0.25) is 11.8 Å². The van der Waals surface area contributed by atoms with Gasteiger partial charge < -0.3 is 29.7 Å². The Kier molecular flexibility index (Phi) is 9.03. The van der Waals surface area contributed by atoms with Gasteiger partial charge in [-0.2, -0.15) is 0 Å². The van der Waals surface area contributed by atoms with Gasteiger partial charge in [0.25, 0.3) is 5.91 Å². The quantitative estimate of drug-likeness (QED) is 0.219. The topological polar surface area (TPSA) is 156 Å². The number of carbonyl (C=O) groups excluding carboxylic acids is 4. The molecule has 0 unspecified atom stereocenters. The van der Waals surface area contributed by atoms with Crippen molar-refractivity contribution >= 4 is 34.7 Å². The highest BCUT2D eigenvalue weighted by molar-refractivity contribution is 5.99. The minimum absolute atomic E-state index is 0.0610. The van der Waals surface area contributed by atoms with Crippen molar-refractivity contribution in [2.24, 2.45) is 11.8 Å². The second-order valence-corrected chi connectivity index (χ2v) is 13.1. The summed E-state index contributed by atoms with van der Waals surface area (Å²) in [4.78, 5) is 59.6. The van der Waals surface area contributed by atoms with Gasteiger partial charge >= 0.3 is 5.97 Å². The number of para-hydroxylation sites is 1. The number of aliphatic hydroxyl groups is 1. The van der Waals surface area contributed by atoms with E-state index in [9.17, 15) is 24.3 Å². The normalized spacial score (nSPS) is 30.9. The number of unbranched alkanes of at least 4 members (excludes halogenated alkanes) is 1. The number of nitrogens with zero attached hydrogens (tertiary/aromatic N) is 5. The van der Waals surface area contributed by atoms with Gasteiger partial charge in [0.15, 0.2) is 0 Å². The maximum Gasteiger partial charge on any atom is 0.313 e. The molecule has 4 aliphatic heterocycles. The average molecular weight is 669 g/mol. The molecule has 0 bridgehead atoms. The maximum atomic E-state index is 14.7. The van der Waals surface area contributed by atoms with E-state index in [0.717, 1.165) is 5.52 Å². The van der Waals surface area contributed by atoms with Crippen molar-refractivity contribution in [2.75, 3.05) is 19.7 Å². The number of hydrogen-bond donors (Lipinski definition) is 2. The molecule has 7 atom stereocenters. The molecule has 3 aromatic rings. The molecule has 4 aliphatic rings. The first-order valence-corrected chi connectivity index (χ1v) is 16.9. The lowest BCUT2D eigenvalue weighted by atomic mass is 9.77. The second kappa shape index (κ2) is 13.6. The number of hydrogen-bond acceptors (Lipinski definition) is 9. The van der Waals surface area contributed by atoms with Crippen LogP contribution >= 0.6 is 0 Å². The fraction of sp³-hybridized carbons (Fsp3) is 0.444.